The van der Waals surface area contributed by atoms with Crippen LogP contribution in [0.1, 0.15) is 56.4 Å². The van der Waals surface area contributed by atoms with Crippen LogP contribution in [0.4, 0.5) is 13.2 Å². The van der Waals surface area contributed by atoms with Gasteiger partial charge in [-0.1, -0.05) is 20.3 Å². The maximum absolute atomic E-state index is 12.7. The van der Waals surface area contributed by atoms with Crippen molar-refractivity contribution in [2.24, 2.45) is 0 Å². The molecule has 0 saturated heterocycles. The number of nitrogens with zero attached hydrogens (tertiary/aromatic N) is 3. The van der Waals surface area contributed by atoms with E-state index in [-0.39, 0.29) is 18.3 Å². The minimum Gasteiger partial charge on any atom is -0.463 e. The van der Waals surface area contributed by atoms with Gasteiger partial charge in [-0.05, 0) is 31.6 Å². The van der Waals surface area contributed by atoms with Crippen LogP contribution in [0.25, 0.3) is 11.9 Å². The first kappa shape index (κ1) is 20.7. The first-order valence-electron chi connectivity index (χ1n) is 8.74. The zero-order valence-corrected chi connectivity index (χ0v) is 15.5. The van der Waals surface area contributed by atoms with E-state index in [2.05, 4.69) is 17.0 Å². The lowest BCUT2D eigenvalue weighted by Gasteiger charge is -2.08. The molecule has 0 fully saturated rings. The lowest BCUT2D eigenvalue weighted by atomic mass is 9.99. The van der Waals surface area contributed by atoms with Gasteiger partial charge in [0.2, 0.25) is 0 Å². The molecule has 2 aromatic rings. The number of aromatic nitrogens is 3. The van der Waals surface area contributed by atoms with Gasteiger partial charge < -0.3 is 4.74 Å². The third kappa shape index (κ3) is 5.42. The monoisotopic (exact) mass is 381 g/mol. The third-order valence-electron chi connectivity index (χ3n) is 3.96. The number of ether oxygens (including phenoxy) is 1. The van der Waals surface area contributed by atoms with E-state index in [9.17, 15) is 18.0 Å². The summed E-state index contributed by atoms with van der Waals surface area (Å²) in [5.41, 5.74) is 0.630. The minimum atomic E-state index is -4.44. The molecule has 0 N–H and O–H groups in total. The van der Waals surface area contributed by atoms with E-state index in [0.29, 0.717) is 5.56 Å². The van der Waals surface area contributed by atoms with Gasteiger partial charge in [-0.15, -0.1) is 0 Å². The SMILES string of the molecule is CCCC(C)c1nn(-c2ccc(C(F)(F)F)cn2)cc1C=CC(=O)OCC. The summed E-state index contributed by atoms with van der Waals surface area (Å²) >= 11 is 0. The molecule has 0 aliphatic carbocycles. The molecule has 2 heterocycles. The van der Waals surface area contributed by atoms with E-state index in [1.165, 1.54) is 16.8 Å². The molecule has 2 aromatic heterocycles. The molecule has 0 spiro atoms. The summed E-state index contributed by atoms with van der Waals surface area (Å²) in [6, 6.07) is 2.23. The Morgan fingerprint density at radius 1 is 1.33 bits per heavy atom. The van der Waals surface area contributed by atoms with Crippen LogP contribution in [-0.2, 0) is 15.7 Å². The molecule has 146 valence electrons. The lowest BCUT2D eigenvalue weighted by molar-refractivity contribution is -0.138. The van der Waals surface area contributed by atoms with Crippen LogP contribution >= 0.6 is 0 Å². The molecule has 2 rings (SSSR count). The molecule has 0 aliphatic rings. The molecular formula is C19H22F3N3O2. The predicted octanol–water partition coefficient (Wildman–Crippen LogP) is 4.77. The van der Waals surface area contributed by atoms with E-state index in [1.807, 2.05) is 6.92 Å². The van der Waals surface area contributed by atoms with Gasteiger partial charge in [0, 0.05) is 30.0 Å². The molecule has 0 aliphatic heterocycles. The molecule has 1 unspecified atom stereocenters. The fourth-order valence-electron chi connectivity index (χ4n) is 2.64. The fourth-order valence-corrected chi connectivity index (χ4v) is 2.64. The molecule has 27 heavy (non-hydrogen) atoms. The number of carbonyl (C=O) groups is 1. The number of pyridine rings is 1. The Labute approximate surface area is 155 Å². The summed E-state index contributed by atoms with van der Waals surface area (Å²) in [6.07, 6.45) is 2.74. The number of alkyl halides is 3. The van der Waals surface area contributed by atoms with Crippen LogP contribution in [0, 0.1) is 0 Å². The minimum absolute atomic E-state index is 0.118. The maximum atomic E-state index is 12.7. The van der Waals surface area contributed by atoms with Crippen molar-refractivity contribution in [1.82, 2.24) is 14.8 Å². The Bertz CT molecular complexity index is 796. The number of carbonyl (C=O) groups excluding carboxylic acids is 1. The van der Waals surface area contributed by atoms with Crippen molar-refractivity contribution in [2.75, 3.05) is 6.61 Å². The third-order valence-corrected chi connectivity index (χ3v) is 3.96. The predicted molar refractivity (Wildman–Crippen MR) is 95.4 cm³/mol. The summed E-state index contributed by atoms with van der Waals surface area (Å²) in [6.45, 7) is 6.06. The van der Waals surface area contributed by atoms with Crippen molar-refractivity contribution < 1.29 is 22.7 Å². The number of halogens is 3. The maximum Gasteiger partial charge on any atom is 0.417 e. The van der Waals surface area contributed by atoms with Crippen molar-refractivity contribution in [2.45, 2.75) is 45.7 Å². The lowest BCUT2D eigenvalue weighted by Crippen LogP contribution is -2.07. The first-order chi connectivity index (χ1) is 12.8. The molecule has 0 aromatic carbocycles. The van der Waals surface area contributed by atoms with E-state index in [1.54, 1.807) is 19.2 Å². The van der Waals surface area contributed by atoms with E-state index < -0.39 is 17.7 Å². The summed E-state index contributed by atoms with van der Waals surface area (Å²) in [4.78, 5) is 15.4. The highest BCUT2D eigenvalue weighted by Crippen LogP contribution is 2.29. The Morgan fingerprint density at radius 3 is 2.63 bits per heavy atom. The van der Waals surface area contributed by atoms with Gasteiger partial charge in [-0.2, -0.15) is 18.3 Å². The highest BCUT2D eigenvalue weighted by Gasteiger charge is 2.30. The molecule has 0 saturated carbocycles. The zero-order chi connectivity index (χ0) is 20.0. The molecule has 0 radical (unpaired) electrons. The number of esters is 1. The van der Waals surface area contributed by atoms with Gasteiger partial charge in [-0.25, -0.2) is 14.5 Å². The van der Waals surface area contributed by atoms with Crippen molar-refractivity contribution >= 4 is 12.0 Å². The normalized spacial score (nSPS) is 13.1. The molecular weight excluding hydrogens is 359 g/mol. The van der Waals surface area contributed by atoms with E-state index in [4.69, 9.17) is 4.74 Å². The van der Waals surface area contributed by atoms with Gasteiger partial charge in [0.15, 0.2) is 5.82 Å². The average molecular weight is 381 g/mol. The Balaban J connectivity index is 2.37. The Morgan fingerprint density at radius 2 is 2.07 bits per heavy atom. The molecule has 0 bridgehead atoms. The standard InChI is InChI=1S/C19H22F3N3O2/c1-4-6-13(3)18-14(7-10-17(26)27-5-2)12-25(24-18)16-9-8-15(11-23-16)19(20,21)22/h7-13H,4-6H2,1-3H3. The second-order valence-corrected chi connectivity index (χ2v) is 6.09. The van der Waals surface area contributed by atoms with Crippen molar-refractivity contribution in [3.05, 3.63) is 47.4 Å². The first-order valence-corrected chi connectivity index (χ1v) is 8.74. The van der Waals surface area contributed by atoms with Gasteiger partial charge >= 0.3 is 12.1 Å². The van der Waals surface area contributed by atoms with Crippen molar-refractivity contribution in [3.8, 4) is 5.82 Å². The molecule has 8 heteroatoms. The summed E-state index contributed by atoms with van der Waals surface area (Å²) in [5, 5.41) is 4.48. The van der Waals surface area contributed by atoms with Gasteiger partial charge in [0.1, 0.15) is 0 Å². The fraction of sp³-hybridized carbons (Fsp3) is 0.421. The second kappa shape index (κ2) is 8.83. The largest absolute Gasteiger partial charge is 0.463 e. The van der Waals surface area contributed by atoms with Crippen LogP contribution in [0.2, 0.25) is 0 Å². The van der Waals surface area contributed by atoms with Crippen LogP contribution in [-0.4, -0.2) is 27.3 Å². The van der Waals surface area contributed by atoms with E-state index >= 15 is 0 Å². The number of hydrogen-bond donors (Lipinski definition) is 0. The smallest absolute Gasteiger partial charge is 0.417 e. The number of hydrogen-bond acceptors (Lipinski definition) is 4. The average Bonchev–Trinajstić information content (AvgIpc) is 3.04. The molecule has 0 amide bonds. The van der Waals surface area contributed by atoms with Crippen molar-refractivity contribution in [1.29, 1.82) is 0 Å². The van der Waals surface area contributed by atoms with Gasteiger partial charge in [0.25, 0.3) is 0 Å². The van der Waals surface area contributed by atoms with Crippen LogP contribution < -0.4 is 0 Å². The van der Waals surface area contributed by atoms with Crippen LogP contribution in [0.5, 0.6) is 0 Å². The highest BCUT2D eigenvalue weighted by atomic mass is 19.4. The highest BCUT2D eigenvalue weighted by molar-refractivity contribution is 5.87. The molecule has 5 nitrogen and oxygen atoms in total. The topological polar surface area (TPSA) is 57.0 Å². The van der Waals surface area contributed by atoms with Crippen molar-refractivity contribution in [3.63, 3.8) is 0 Å². The summed E-state index contributed by atoms with van der Waals surface area (Å²) < 4.78 is 44.4. The summed E-state index contributed by atoms with van der Waals surface area (Å²) in [7, 11) is 0. The van der Waals surface area contributed by atoms with Gasteiger partial charge in [0.05, 0.1) is 17.9 Å². The van der Waals surface area contributed by atoms with E-state index in [0.717, 1.165) is 30.8 Å². The zero-order valence-electron chi connectivity index (χ0n) is 15.5. The molecule has 1 atom stereocenters. The van der Waals surface area contributed by atoms with Crippen LogP contribution in [0.15, 0.2) is 30.6 Å². The Kier molecular flexibility index (Phi) is 6.76. The second-order valence-electron chi connectivity index (χ2n) is 6.09. The summed E-state index contributed by atoms with van der Waals surface area (Å²) in [5.74, 6) is -0.0803. The quantitative estimate of drug-likeness (QED) is 0.512. The van der Waals surface area contributed by atoms with Gasteiger partial charge in [-0.3, -0.25) is 0 Å². The van der Waals surface area contributed by atoms with Crippen LogP contribution in [0.3, 0.4) is 0 Å². The Hall–Kier alpha value is -2.64. The number of rotatable bonds is 7.